The van der Waals surface area contributed by atoms with Crippen LogP contribution in [-0.2, 0) is 16.0 Å². The molecule has 5 rings (SSSR count). The average Bonchev–Trinajstić information content (AvgIpc) is 3.58. The Morgan fingerprint density at radius 3 is 2.62 bits per heavy atom. The number of aliphatic hydroxyl groups is 1. The number of benzene rings is 2. The molecule has 1 saturated heterocycles. The third kappa shape index (κ3) is 3.88. The molecule has 0 spiro atoms. The van der Waals surface area contributed by atoms with Gasteiger partial charge in [0.05, 0.1) is 18.2 Å². The number of likely N-dealkylation sites (tertiary alicyclic amines) is 1. The van der Waals surface area contributed by atoms with Crippen LogP contribution in [0.15, 0.2) is 77.8 Å². The van der Waals surface area contributed by atoms with E-state index in [2.05, 4.69) is 4.98 Å². The van der Waals surface area contributed by atoms with Gasteiger partial charge in [-0.3, -0.25) is 9.59 Å². The maximum absolute atomic E-state index is 13.1. The second kappa shape index (κ2) is 9.19. The van der Waals surface area contributed by atoms with Gasteiger partial charge < -0.3 is 19.7 Å². The van der Waals surface area contributed by atoms with Crippen molar-refractivity contribution in [2.75, 3.05) is 13.2 Å². The van der Waals surface area contributed by atoms with Gasteiger partial charge in [-0.05, 0) is 60.7 Å². The number of aliphatic hydroxyl groups excluding tert-OH is 1. The topological polar surface area (TPSA) is 82.6 Å². The summed E-state index contributed by atoms with van der Waals surface area (Å²) in [5.74, 6) is -0.753. The van der Waals surface area contributed by atoms with Crippen LogP contribution in [0.3, 0.4) is 0 Å². The third-order valence-electron chi connectivity index (χ3n) is 6.09. The number of para-hydroxylation sites is 1. The predicted molar refractivity (Wildman–Crippen MR) is 133 cm³/mol. The minimum absolute atomic E-state index is 0.121. The quantitative estimate of drug-likeness (QED) is 0.217. The van der Waals surface area contributed by atoms with Crippen LogP contribution in [0.2, 0.25) is 0 Å². The number of aromatic amines is 1. The van der Waals surface area contributed by atoms with Crippen LogP contribution in [0.1, 0.15) is 29.0 Å². The summed E-state index contributed by atoms with van der Waals surface area (Å²) in [4.78, 5) is 31.9. The summed E-state index contributed by atoms with van der Waals surface area (Å²) in [5.41, 5.74) is 2.70. The van der Waals surface area contributed by atoms with E-state index in [1.54, 1.807) is 29.2 Å². The molecule has 6 nitrogen and oxygen atoms in total. The molecule has 0 aliphatic carbocycles. The summed E-state index contributed by atoms with van der Waals surface area (Å²) in [6.45, 7) is 2.78. The number of ether oxygens (including phenoxy) is 1. The molecule has 34 heavy (non-hydrogen) atoms. The number of carbonyl (C=O) groups is 2. The molecule has 1 aliphatic rings. The largest absolute Gasteiger partial charge is 0.507 e. The number of H-pyrrole nitrogens is 1. The summed E-state index contributed by atoms with van der Waals surface area (Å²) in [6, 6.07) is 18.0. The molecule has 2 aromatic carbocycles. The van der Waals surface area contributed by atoms with Gasteiger partial charge in [0.25, 0.3) is 11.7 Å². The molecule has 1 amide bonds. The standard InChI is InChI=1S/C27H24N2O4S/c1-2-33-19-11-9-17(10-12-19)25(30)23-24(22-8-5-15-34-22)29(27(32)26(23)31)14-13-18-16-28-21-7-4-3-6-20(18)21/h3-12,15-16,24,28,30H,2,13-14H2,1H3/b25-23+. The summed E-state index contributed by atoms with van der Waals surface area (Å²) in [5, 5.41) is 14.2. The number of hydrogen-bond donors (Lipinski definition) is 2. The first-order valence-corrected chi connectivity index (χ1v) is 12.1. The van der Waals surface area contributed by atoms with Gasteiger partial charge in [-0.2, -0.15) is 0 Å². The molecular formula is C27H24N2O4S. The highest BCUT2D eigenvalue weighted by molar-refractivity contribution is 7.10. The lowest BCUT2D eigenvalue weighted by Crippen LogP contribution is -2.31. The first kappa shape index (κ1) is 22.0. The van der Waals surface area contributed by atoms with E-state index in [1.165, 1.54) is 11.3 Å². The predicted octanol–water partition coefficient (Wildman–Crippen LogP) is 5.29. The van der Waals surface area contributed by atoms with Gasteiger partial charge >= 0.3 is 0 Å². The minimum Gasteiger partial charge on any atom is -0.507 e. The molecule has 2 N–H and O–H groups in total. The molecule has 172 valence electrons. The lowest BCUT2D eigenvalue weighted by Gasteiger charge is -2.24. The third-order valence-corrected chi connectivity index (χ3v) is 7.01. The van der Waals surface area contributed by atoms with Crippen molar-refractivity contribution >= 4 is 39.7 Å². The van der Waals surface area contributed by atoms with Gasteiger partial charge in [0, 0.05) is 34.1 Å². The van der Waals surface area contributed by atoms with E-state index >= 15 is 0 Å². The summed E-state index contributed by atoms with van der Waals surface area (Å²) < 4.78 is 5.47. The zero-order valence-corrected chi connectivity index (χ0v) is 19.5. The van der Waals surface area contributed by atoms with Crippen molar-refractivity contribution in [3.63, 3.8) is 0 Å². The molecule has 0 saturated carbocycles. The molecule has 1 fully saturated rings. The number of aromatic nitrogens is 1. The van der Waals surface area contributed by atoms with Crippen molar-refractivity contribution in [2.45, 2.75) is 19.4 Å². The van der Waals surface area contributed by atoms with Gasteiger partial charge in [0.15, 0.2) is 0 Å². The number of fused-ring (bicyclic) bond motifs is 1. The summed E-state index contributed by atoms with van der Waals surface area (Å²) >= 11 is 1.46. The van der Waals surface area contributed by atoms with Crippen LogP contribution in [0, 0.1) is 0 Å². The highest BCUT2D eigenvalue weighted by Gasteiger charge is 2.46. The molecule has 2 aromatic heterocycles. The summed E-state index contributed by atoms with van der Waals surface area (Å²) in [6.07, 6.45) is 2.53. The number of Topliss-reactive ketones (excluding diaryl/α,β-unsaturated/α-hetero) is 1. The van der Waals surface area contributed by atoms with Gasteiger partial charge in [-0.25, -0.2) is 0 Å². The fourth-order valence-corrected chi connectivity index (χ4v) is 5.31. The van der Waals surface area contributed by atoms with Crippen LogP contribution >= 0.6 is 11.3 Å². The molecule has 1 aliphatic heterocycles. The van der Waals surface area contributed by atoms with Crippen molar-refractivity contribution in [1.82, 2.24) is 9.88 Å². The highest BCUT2D eigenvalue weighted by Crippen LogP contribution is 2.41. The Hall–Kier alpha value is -3.84. The molecule has 4 aromatic rings. The van der Waals surface area contributed by atoms with Gasteiger partial charge in [-0.1, -0.05) is 24.3 Å². The van der Waals surface area contributed by atoms with Crippen LogP contribution < -0.4 is 4.74 Å². The smallest absolute Gasteiger partial charge is 0.295 e. The Kier molecular flexibility index (Phi) is 5.94. The van der Waals surface area contributed by atoms with Crippen molar-refractivity contribution in [2.24, 2.45) is 0 Å². The van der Waals surface area contributed by atoms with Crippen LogP contribution in [-0.4, -0.2) is 39.8 Å². The van der Waals surface area contributed by atoms with E-state index in [0.29, 0.717) is 30.9 Å². The summed E-state index contributed by atoms with van der Waals surface area (Å²) in [7, 11) is 0. The Morgan fingerprint density at radius 2 is 1.88 bits per heavy atom. The minimum atomic E-state index is -0.663. The molecule has 0 bridgehead atoms. The Labute approximate surface area is 201 Å². The number of nitrogens with zero attached hydrogens (tertiary/aromatic N) is 1. The maximum atomic E-state index is 13.1. The van der Waals surface area contributed by atoms with E-state index in [9.17, 15) is 14.7 Å². The number of amides is 1. The van der Waals surface area contributed by atoms with Crippen molar-refractivity contribution in [3.05, 3.63) is 93.8 Å². The first-order valence-electron chi connectivity index (χ1n) is 11.2. The van der Waals surface area contributed by atoms with Crippen LogP contribution in [0.5, 0.6) is 5.75 Å². The van der Waals surface area contributed by atoms with Gasteiger partial charge in [-0.15, -0.1) is 11.3 Å². The molecule has 0 radical (unpaired) electrons. The zero-order valence-electron chi connectivity index (χ0n) is 18.7. The van der Waals surface area contributed by atoms with Crippen molar-refractivity contribution in [3.8, 4) is 5.75 Å². The number of carbonyl (C=O) groups excluding carboxylic acids is 2. The number of thiophene rings is 1. The van der Waals surface area contributed by atoms with E-state index in [4.69, 9.17) is 4.74 Å². The lowest BCUT2D eigenvalue weighted by molar-refractivity contribution is -0.139. The van der Waals surface area contributed by atoms with Gasteiger partial charge in [0.1, 0.15) is 11.5 Å². The first-order chi connectivity index (χ1) is 16.6. The van der Waals surface area contributed by atoms with Crippen LogP contribution in [0.25, 0.3) is 16.7 Å². The SMILES string of the molecule is CCOc1ccc(/C(O)=C2\C(=O)C(=O)N(CCc3c[nH]c4ccccc34)C2c2cccs2)cc1. The normalized spacial score (nSPS) is 17.6. The Bertz CT molecular complexity index is 1370. The molecule has 1 atom stereocenters. The Morgan fingerprint density at radius 1 is 1.09 bits per heavy atom. The van der Waals surface area contributed by atoms with E-state index in [-0.39, 0.29) is 11.3 Å². The molecule has 7 heteroatoms. The average molecular weight is 473 g/mol. The van der Waals surface area contributed by atoms with E-state index in [1.807, 2.05) is 54.9 Å². The number of ketones is 1. The maximum Gasteiger partial charge on any atom is 0.295 e. The van der Waals surface area contributed by atoms with Crippen molar-refractivity contribution < 1.29 is 19.4 Å². The molecule has 1 unspecified atom stereocenters. The fourth-order valence-electron chi connectivity index (χ4n) is 4.46. The number of nitrogens with one attached hydrogen (secondary N) is 1. The number of hydrogen-bond acceptors (Lipinski definition) is 5. The second-order valence-electron chi connectivity index (χ2n) is 8.07. The zero-order chi connectivity index (χ0) is 23.7. The van der Waals surface area contributed by atoms with E-state index in [0.717, 1.165) is 21.3 Å². The van der Waals surface area contributed by atoms with Crippen LogP contribution in [0.4, 0.5) is 0 Å². The molecule has 3 heterocycles. The highest BCUT2D eigenvalue weighted by atomic mass is 32.1. The number of rotatable bonds is 7. The van der Waals surface area contributed by atoms with Crippen molar-refractivity contribution in [1.29, 1.82) is 0 Å². The Balaban J connectivity index is 1.50. The lowest BCUT2D eigenvalue weighted by atomic mass is 9.99. The fraction of sp³-hybridized carbons (Fsp3) is 0.185. The monoisotopic (exact) mass is 472 g/mol. The molecular weight excluding hydrogens is 448 g/mol. The second-order valence-corrected chi connectivity index (χ2v) is 9.05. The van der Waals surface area contributed by atoms with E-state index < -0.39 is 17.7 Å². The van der Waals surface area contributed by atoms with Gasteiger partial charge in [0.2, 0.25) is 0 Å².